The molecule has 8 nitrogen and oxygen atoms in total. The zero-order valence-corrected chi connectivity index (χ0v) is 22.1. The van der Waals surface area contributed by atoms with Crippen LogP contribution in [-0.2, 0) is 11.0 Å². The average Bonchev–Trinajstić information content (AvgIpc) is 3.31. The zero-order chi connectivity index (χ0) is 27.8. The molecule has 0 saturated carbocycles. The van der Waals surface area contributed by atoms with Gasteiger partial charge >= 0.3 is 6.18 Å². The molecule has 1 amide bonds. The number of halogens is 3. The molecule has 204 valence electrons. The maximum atomic E-state index is 13.6. The summed E-state index contributed by atoms with van der Waals surface area (Å²) in [5.74, 6) is 1.86. The van der Waals surface area contributed by atoms with Gasteiger partial charge in [0.2, 0.25) is 5.91 Å². The molecule has 3 aromatic rings. The molecular weight excluding hydrogens is 499 g/mol. The number of carbonyl (C=O) groups is 1. The van der Waals surface area contributed by atoms with Gasteiger partial charge in [0.15, 0.2) is 11.5 Å². The van der Waals surface area contributed by atoms with Crippen LogP contribution in [0.5, 0.6) is 11.5 Å². The van der Waals surface area contributed by atoms with Crippen molar-refractivity contribution >= 4 is 28.3 Å². The zero-order valence-electron chi connectivity index (χ0n) is 22.1. The Bertz CT molecular complexity index is 1360. The number of amides is 1. The summed E-state index contributed by atoms with van der Waals surface area (Å²) < 4.78 is 52.4. The number of nitrogen functional groups attached to an aromatic ring is 1. The summed E-state index contributed by atoms with van der Waals surface area (Å²) in [6.45, 7) is 7.47. The van der Waals surface area contributed by atoms with Gasteiger partial charge in [-0.05, 0) is 62.9 Å². The first-order valence-corrected chi connectivity index (χ1v) is 12.4. The van der Waals surface area contributed by atoms with Crippen LogP contribution in [0.15, 0.2) is 24.3 Å². The second-order valence-corrected chi connectivity index (χ2v) is 9.61. The Kier molecular flexibility index (Phi) is 7.57. The molecule has 1 aromatic heterocycles. The summed E-state index contributed by atoms with van der Waals surface area (Å²) in [5.41, 5.74) is 6.19. The van der Waals surface area contributed by atoms with Crippen molar-refractivity contribution in [2.45, 2.75) is 58.8 Å². The van der Waals surface area contributed by atoms with Gasteiger partial charge in [-0.3, -0.25) is 4.79 Å². The lowest BCUT2D eigenvalue weighted by molar-refractivity contribution is -0.138. The van der Waals surface area contributed by atoms with Gasteiger partial charge in [-0.2, -0.15) is 13.2 Å². The summed E-state index contributed by atoms with van der Waals surface area (Å²) in [5, 5.41) is 3.87. The number of benzene rings is 2. The molecule has 1 fully saturated rings. The Morgan fingerprint density at radius 1 is 1.21 bits per heavy atom. The Balaban J connectivity index is 1.69. The minimum absolute atomic E-state index is 0.0106. The molecule has 0 unspecified atom stereocenters. The number of carbonyl (C=O) groups excluding carboxylic acids is 1. The normalized spacial score (nSPS) is 16.5. The number of rotatable bonds is 7. The van der Waals surface area contributed by atoms with Crippen LogP contribution in [0.25, 0.3) is 10.9 Å². The van der Waals surface area contributed by atoms with E-state index in [9.17, 15) is 18.0 Å². The predicted molar refractivity (Wildman–Crippen MR) is 139 cm³/mol. The SMILES string of the molecule is COc1cc2nc(C)nc(N[C@H](C)c3cc(N)cc(C(F)(F)F)c3C)c2cc1OC[C@@H]1CCCN1C(C)=O. The fourth-order valence-corrected chi connectivity index (χ4v) is 5.03. The van der Waals surface area contributed by atoms with E-state index < -0.39 is 17.8 Å². The van der Waals surface area contributed by atoms with Gasteiger partial charge in [-0.25, -0.2) is 9.97 Å². The lowest BCUT2D eigenvalue weighted by Gasteiger charge is -2.24. The van der Waals surface area contributed by atoms with Crippen LogP contribution in [0, 0.1) is 13.8 Å². The van der Waals surface area contributed by atoms with Crippen LogP contribution in [0.1, 0.15) is 55.2 Å². The Morgan fingerprint density at radius 3 is 2.61 bits per heavy atom. The molecule has 0 radical (unpaired) electrons. The smallest absolute Gasteiger partial charge is 0.416 e. The number of nitrogens with two attached hydrogens (primary N) is 1. The summed E-state index contributed by atoms with van der Waals surface area (Å²) in [4.78, 5) is 22.8. The number of aromatic nitrogens is 2. The molecule has 3 N–H and O–H groups in total. The van der Waals surface area contributed by atoms with Crippen LogP contribution in [-0.4, -0.2) is 47.1 Å². The maximum Gasteiger partial charge on any atom is 0.416 e. The number of hydrogen-bond donors (Lipinski definition) is 2. The van der Waals surface area contributed by atoms with Gasteiger partial charge in [0.25, 0.3) is 0 Å². The average molecular weight is 532 g/mol. The third-order valence-corrected chi connectivity index (χ3v) is 6.90. The molecule has 2 atom stereocenters. The van der Waals surface area contributed by atoms with Crippen molar-refractivity contribution < 1.29 is 27.4 Å². The Labute approximate surface area is 219 Å². The minimum Gasteiger partial charge on any atom is -0.493 e. The van der Waals surface area contributed by atoms with Gasteiger partial charge < -0.3 is 25.4 Å². The van der Waals surface area contributed by atoms with Crippen molar-refractivity contribution in [3.63, 3.8) is 0 Å². The maximum absolute atomic E-state index is 13.6. The third kappa shape index (κ3) is 5.56. The van der Waals surface area contributed by atoms with Crippen molar-refractivity contribution in [3.05, 3.63) is 46.8 Å². The fraction of sp³-hybridized carbons (Fsp3) is 0.444. The molecule has 1 aliphatic heterocycles. The third-order valence-electron chi connectivity index (χ3n) is 6.90. The highest BCUT2D eigenvalue weighted by molar-refractivity contribution is 5.92. The predicted octanol–water partition coefficient (Wildman–Crippen LogP) is 5.42. The second kappa shape index (κ2) is 10.5. The van der Waals surface area contributed by atoms with Crippen LogP contribution in [0.4, 0.5) is 24.7 Å². The molecule has 11 heteroatoms. The van der Waals surface area contributed by atoms with Gasteiger partial charge in [-0.1, -0.05) is 0 Å². The number of anilines is 2. The number of ether oxygens (including phenoxy) is 2. The van der Waals surface area contributed by atoms with E-state index >= 15 is 0 Å². The number of fused-ring (bicyclic) bond motifs is 1. The first-order valence-electron chi connectivity index (χ1n) is 12.4. The first-order chi connectivity index (χ1) is 17.9. The highest BCUT2D eigenvalue weighted by atomic mass is 19.4. The molecule has 38 heavy (non-hydrogen) atoms. The Hall–Kier alpha value is -3.76. The van der Waals surface area contributed by atoms with Crippen LogP contribution in [0.2, 0.25) is 0 Å². The van der Waals surface area contributed by atoms with Gasteiger partial charge in [0.05, 0.1) is 30.3 Å². The van der Waals surface area contributed by atoms with E-state index in [1.54, 1.807) is 43.9 Å². The van der Waals surface area contributed by atoms with Crippen molar-refractivity contribution in [2.75, 3.05) is 31.3 Å². The standard InChI is InChI=1S/C27H32F3N5O3/c1-14-20(9-18(31)10-22(14)27(28,29)30)15(2)32-26-21-11-25(24(37-5)12-23(21)33-16(3)34-26)38-13-19-7-6-8-35(19)17(4)36/h9-12,15,19H,6-8,13,31H2,1-5H3,(H,32,33,34)/t15-,19+/m1/s1. The number of methoxy groups -OCH3 is 1. The number of likely N-dealkylation sites (tertiary alicyclic amines) is 1. The van der Waals surface area contributed by atoms with Gasteiger partial charge in [0.1, 0.15) is 18.2 Å². The second-order valence-electron chi connectivity index (χ2n) is 9.61. The highest BCUT2D eigenvalue weighted by Gasteiger charge is 2.34. The fourth-order valence-electron chi connectivity index (χ4n) is 5.03. The van der Waals surface area contributed by atoms with E-state index in [1.165, 1.54) is 14.0 Å². The lowest BCUT2D eigenvalue weighted by atomic mass is 9.96. The summed E-state index contributed by atoms with van der Waals surface area (Å²) in [6, 6.07) is 5.39. The van der Waals surface area contributed by atoms with E-state index in [2.05, 4.69) is 15.3 Å². The van der Waals surface area contributed by atoms with Crippen molar-refractivity contribution in [1.82, 2.24) is 14.9 Å². The van der Waals surface area contributed by atoms with E-state index in [0.717, 1.165) is 18.9 Å². The van der Waals surface area contributed by atoms with Crippen molar-refractivity contribution in [2.24, 2.45) is 0 Å². The van der Waals surface area contributed by atoms with E-state index in [0.29, 0.717) is 52.8 Å². The van der Waals surface area contributed by atoms with Gasteiger partial charge in [-0.15, -0.1) is 0 Å². The number of nitrogens with zero attached hydrogens (tertiary/aromatic N) is 3. The molecule has 1 aliphatic rings. The summed E-state index contributed by atoms with van der Waals surface area (Å²) in [7, 11) is 1.53. The quantitative estimate of drug-likeness (QED) is 0.393. The van der Waals surface area contributed by atoms with Crippen LogP contribution >= 0.6 is 0 Å². The van der Waals surface area contributed by atoms with Crippen molar-refractivity contribution in [3.8, 4) is 11.5 Å². The summed E-state index contributed by atoms with van der Waals surface area (Å²) in [6.07, 6.45) is -2.76. The minimum atomic E-state index is -4.52. The molecular formula is C27H32F3N5O3. The first kappa shape index (κ1) is 27.3. The van der Waals surface area contributed by atoms with Crippen molar-refractivity contribution in [1.29, 1.82) is 0 Å². The number of aryl methyl sites for hydroxylation is 1. The molecule has 0 bridgehead atoms. The number of nitrogens with one attached hydrogen (secondary N) is 1. The largest absolute Gasteiger partial charge is 0.493 e. The van der Waals surface area contributed by atoms with E-state index in [4.69, 9.17) is 15.2 Å². The van der Waals surface area contributed by atoms with Crippen LogP contribution < -0.4 is 20.5 Å². The molecule has 2 aromatic carbocycles. The number of alkyl halides is 3. The lowest BCUT2D eigenvalue weighted by Crippen LogP contribution is -2.37. The van der Waals surface area contributed by atoms with Crippen LogP contribution in [0.3, 0.4) is 0 Å². The molecule has 1 saturated heterocycles. The highest BCUT2D eigenvalue weighted by Crippen LogP contribution is 2.39. The molecule has 4 rings (SSSR count). The monoisotopic (exact) mass is 531 g/mol. The van der Waals surface area contributed by atoms with E-state index in [-0.39, 0.29) is 23.2 Å². The molecule has 0 aliphatic carbocycles. The Morgan fingerprint density at radius 2 is 1.95 bits per heavy atom. The molecule has 0 spiro atoms. The molecule has 2 heterocycles. The summed E-state index contributed by atoms with van der Waals surface area (Å²) >= 11 is 0. The van der Waals surface area contributed by atoms with E-state index in [1.807, 2.05) is 0 Å². The van der Waals surface area contributed by atoms with Gasteiger partial charge in [0, 0.05) is 30.6 Å². The number of hydrogen-bond acceptors (Lipinski definition) is 7. The topological polar surface area (TPSA) is 103 Å².